The van der Waals surface area contributed by atoms with Gasteiger partial charge in [-0.05, 0) is 57.0 Å². The van der Waals surface area contributed by atoms with Crippen LogP contribution < -0.4 is 0 Å². The fraction of sp³-hybridized carbons (Fsp3) is 0.846. The minimum absolute atomic E-state index is 0.193. The van der Waals surface area contributed by atoms with Crippen molar-refractivity contribution in [3.05, 3.63) is 0 Å². The van der Waals surface area contributed by atoms with Crippen LogP contribution >= 0.6 is 11.6 Å². The Kier molecular flexibility index (Phi) is 3.23. The number of hydrogen-bond acceptors (Lipinski definition) is 1. The Labute approximate surface area is 109 Å². The van der Waals surface area contributed by atoms with Crippen LogP contribution in [0.2, 0.25) is 0 Å². The smallest absolute Gasteiger partial charge is 0.219 e. The van der Waals surface area contributed by atoms with E-state index < -0.39 is 0 Å². The van der Waals surface area contributed by atoms with Gasteiger partial charge in [-0.2, -0.15) is 0 Å². The molecule has 3 aliphatic carbocycles. The second-order valence-corrected chi connectivity index (χ2v) is 6.11. The van der Waals surface area contributed by atoms with Gasteiger partial charge in [-0.3, -0.25) is 4.99 Å². The van der Waals surface area contributed by atoms with Crippen molar-refractivity contribution in [3.8, 4) is 0 Å². The summed E-state index contributed by atoms with van der Waals surface area (Å²) in [6, 6.07) is 0.193. The number of rotatable bonds is 2. The van der Waals surface area contributed by atoms with E-state index in [0.717, 1.165) is 17.7 Å². The van der Waals surface area contributed by atoms with Crippen LogP contribution in [-0.4, -0.2) is 34.7 Å². The summed E-state index contributed by atoms with van der Waals surface area (Å²) in [5, 5.41) is 0.364. The van der Waals surface area contributed by atoms with E-state index in [4.69, 9.17) is 11.6 Å². The van der Waals surface area contributed by atoms with Crippen molar-refractivity contribution in [1.29, 1.82) is 0 Å². The first-order valence-electron chi connectivity index (χ1n) is 6.39. The van der Waals surface area contributed by atoms with Crippen molar-refractivity contribution in [2.45, 2.75) is 52.1 Å². The van der Waals surface area contributed by atoms with E-state index in [1.807, 2.05) is 20.8 Å². The molecular formula is C13H22ClN3. The molecule has 0 aromatic carbocycles. The van der Waals surface area contributed by atoms with Gasteiger partial charge in [0.05, 0.1) is 0 Å². The molecule has 0 unspecified atom stereocenters. The molecule has 3 fully saturated rings. The fourth-order valence-corrected chi connectivity index (χ4v) is 3.36. The largest absolute Gasteiger partial charge is 0.357 e. The molecule has 0 N–H and O–H groups in total. The van der Waals surface area contributed by atoms with Crippen molar-refractivity contribution in [1.82, 2.24) is 4.90 Å². The summed E-state index contributed by atoms with van der Waals surface area (Å²) in [6.45, 7) is 8.36. The third-order valence-corrected chi connectivity index (χ3v) is 4.74. The van der Waals surface area contributed by atoms with Crippen molar-refractivity contribution in [2.24, 2.45) is 21.8 Å². The van der Waals surface area contributed by atoms with Gasteiger partial charge >= 0.3 is 0 Å². The maximum Gasteiger partial charge on any atom is 0.219 e. The van der Waals surface area contributed by atoms with Gasteiger partial charge in [-0.15, -0.1) is 0 Å². The lowest BCUT2D eigenvalue weighted by Gasteiger charge is -2.71. The molecule has 4 heteroatoms. The number of nitrogens with zero attached hydrogens (tertiary/aromatic N) is 3. The van der Waals surface area contributed by atoms with E-state index in [0.29, 0.717) is 10.8 Å². The Morgan fingerprint density at radius 1 is 1.41 bits per heavy atom. The molecule has 0 radical (unpaired) electrons. The quantitative estimate of drug-likeness (QED) is 0.423. The fourth-order valence-electron chi connectivity index (χ4n) is 3.04. The normalized spacial score (nSPS) is 36.6. The first kappa shape index (κ1) is 12.9. The molecule has 96 valence electrons. The van der Waals surface area contributed by atoms with E-state index in [1.165, 1.54) is 12.8 Å². The van der Waals surface area contributed by atoms with Crippen molar-refractivity contribution < 1.29 is 0 Å². The maximum atomic E-state index is 6.01. The number of hydrogen-bond donors (Lipinski definition) is 0. The molecule has 0 spiro atoms. The molecule has 0 aromatic heterocycles. The highest BCUT2D eigenvalue weighted by Crippen LogP contribution is 2.64. The van der Waals surface area contributed by atoms with Gasteiger partial charge < -0.3 is 4.90 Å². The molecule has 3 saturated carbocycles. The average Bonchev–Trinajstić information content (AvgIpc) is 2.13. The molecule has 0 amide bonds. The van der Waals surface area contributed by atoms with Crippen molar-refractivity contribution in [3.63, 3.8) is 0 Å². The molecule has 3 nitrogen and oxygen atoms in total. The van der Waals surface area contributed by atoms with Gasteiger partial charge in [-0.25, -0.2) is 4.99 Å². The summed E-state index contributed by atoms with van der Waals surface area (Å²) < 4.78 is 0. The predicted octanol–water partition coefficient (Wildman–Crippen LogP) is 3.14. The Morgan fingerprint density at radius 2 is 2.00 bits per heavy atom. The summed E-state index contributed by atoms with van der Waals surface area (Å²) in [7, 11) is 2.13. The van der Waals surface area contributed by atoms with E-state index >= 15 is 0 Å². The molecule has 1 atom stereocenters. The van der Waals surface area contributed by atoms with Crippen LogP contribution in [0.4, 0.5) is 0 Å². The number of aliphatic imine (C=N–C) groups is 2. The summed E-state index contributed by atoms with van der Waals surface area (Å²) in [6.07, 6.45) is 2.63. The summed E-state index contributed by atoms with van der Waals surface area (Å²) in [5.74, 6) is 2.73. The minimum Gasteiger partial charge on any atom is -0.357 e. The first-order chi connectivity index (χ1) is 7.86. The Morgan fingerprint density at radius 3 is 2.35 bits per heavy atom. The van der Waals surface area contributed by atoms with Crippen LogP contribution in [-0.2, 0) is 0 Å². The van der Waals surface area contributed by atoms with Crippen LogP contribution in [0.3, 0.4) is 0 Å². The molecule has 17 heavy (non-hydrogen) atoms. The zero-order chi connectivity index (χ0) is 12.8. The predicted molar refractivity (Wildman–Crippen MR) is 73.9 cm³/mol. The van der Waals surface area contributed by atoms with Gasteiger partial charge in [0.2, 0.25) is 5.29 Å². The zero-order valence-corrected chi connectivity index (χ0v) is 12.1. The molecular weight excluding hydrogens is 234 g/mol. The highest BCUT2D eigenvalue weighted by atomic mass is 35.5. The SMILES string of the molecule is C/C(=N\C(Cl)=N/C(C)C)N(C)C12CC(C1)[C@H]2C. The summed E-state index contributed by atoms with van der Waals surface area (Å²) >= 11 is 6.01. The van der Waals surface area contributed by atoms with Crippen LogP contribution in [0.15, 0.2) is 9.98 Å². The highest BCUT2D eigenvalue weighted by Gasteiger charge is 2.65. The molecule has 3 rings (SSSR count). The van der Waals surface area contributed by atoms with Gasteiger partial charge in [0, 0.05) is 18.6 Å². The Balaban J connectivity index is 2.05. The number of halogens is 1. The summed E-state index contributed by atoms with van der Waals surface area (Å²) in [4.78, 5) is 10.9. The van der Waals surface area contributed by atoms with Crippen LogP contribution in [0.25, 0.3) is 0 Å². The van der Waals surface area contributed by atoms with E-state index in [-0.39, 0.29) is 6.04 Å². The maximum absolute atomic E-state index is 6.01. The molecule has 0 heterocycles. The summed E-state index contributed by atoms with van der Waals surface area (Å²) in [5.41, 5.74) is 0.368. The third-order valence-electron chi connectivity index (χ3n) is 4.56. The Bertz CT molecular complexity index is 367. The van der Waals surface area contributed by atoms with Crippen LogP contribution in [0.5, 0.6) is 0 Å². The van der Waals surface area contributed by atoms with E-state index in [1.54, 1.807) is 0 Å². The lowest BCUT2D eigenvalue weighted by Crippen LogP contribution is -2.74. The van der Waals surface area contributed by atoms with Crippen LogP contribution in [0.1, 0.15) is 40.5 Å². The van der Waals surface area contributed by atoms with Gasteiger partial charge in [0.1, 0.15) is 5.84 Å². The van der Waals surface area contributed by atoms with Gasteiger partial charge in [0.15, 0.2) is 0 Å². The van der Waals surface area contributed by atoms with Gasteiger partial charge in [-0.1, -0.05) is 6.92 Å². The zero-order valence-electron chi connectivity index (χ0n) is 11.4. The number of amidine groups is 2. The van der Waals surface area contributed by atoms with Crippen LogP contribution in [0, 0.1) is 11.8 Å². The average molecular weight is 256 g/mol. The second-order valence-electron chi connectivity index (χ2n) is 5.77. The van der Waals surface area contributed by atoms with Gasteiger partial charge in [0.25, 0.3) is 0 Å². The topological polar surface area (TPSA) is 28.0 Å². The lowest BCUT2D eigenvalue weighted by molar-refractivity contribution is -0.169. The second kappa shape index (κ2) is 4.27. The standard InChI is InChI=1S/C13H22ClN3/c1-8(2)15-12(14)16-10(4)17(5)13-6-11(7-13)9(13)3/h8-9,11H,6-7H2,1-5H3/b15-12-,16-10+/t9-,11?,13?/m1/s1. The highest BCUT2D eigenvalue weighted by molar-refractivity contribution is 6.65. The third kappa shape index (κ3) is 1.99. The van der Waals surface area contributed by atoms with E-state index in [9.17, 15) is 0 Å². The Hall–Kier alpha value is -0.570. The monoisotopic (exact) mass is 255 g/mol. The molecule has 3 aliphatic rings. The molecule has 0 aliphatic heterocycles. The molecule has 0 aromatic rings. The van der Waals surface area contributed by atoms with Crippen molar-refractivity contribution in [2.75, 3.05) is 7.05 Å². The molecule has 0 saturated heterocycles. The van der Waals surface area contributed by atoms with Crippen molar-refractivity contribution >= 4 is 22.7 Å². The lowest BCUT2D eigenvalue weighted by atomic mass is 9.42. The molecule has 2 bridgehead atoms. The first-order valence-corrected chi connectivity index (χ1v) is 6.77. The van der Waals surface area contributed by atoms with E-state index in [2.05, 4.69) is 28.9 Å². The minimum atomic E-state index is 0.193.